The van der Waals surface area contributed by atoms with Crippen molar-refractivity contribution in [2.24, 2.45) is 5.73 Å². The zero-order chi connectivity index (χ0) is 9.84. The van der Waals surface area contributed by atoms with Crippen molar-refractivity contribution in [3.8, 4) is 0 Å². The molecule has 0 aliphatic rings. The second-order valence-electron chi connectivity index (χ2n) is 3.09. The monoisotopic (exact) mass is 185 g/mol. The Morgan fingerprint density at radius 3 is 2.77 bits per heavy atom. The Hall–Kier alpha value is -0.960. The SMILES string of the molecule is Cc1ccc(F)cc1[C@H](N)CCF. The largest absolute Gasteiger partial charge is 0.324 e. The maximum atomic E-state index is 12.8. The zero-order valence-electron chi connectivity index (χ0n) is 7.56. The number of halogens is 2. The molecule has 1 nitrogen and oxygen atoms in total. The van der Waals surface area contributed by atoms with Crippen molar-refractivity contribution in [3.05, 3.63) is 35.1 Å². The van der Waals surface area contributed by atoms with Gasteiger partial charge < -0.3 is 5.73 Å². The summed E-state index contributed by atoms with van der Waals surface area (Å²) < 4.78 is 24.8. The maximum Gasteiger partial charge on any atom is 0.123 e. The highest BCUT2D eigenvalue weighted by Gasteiger charge is 2.09. The number of benzene rings is 1. The summed E-state index contributed by atoms with van der Waals surface area (Å²) >= 11 is 0. The molecule has 0 saturated heterocycles. The van der Waals surface area contributed by atoms with Crippen molar-refractivity contribution >= 4 is 0 Å². The average Bonchev–Trinajstić information content (AvgIpc) is 2.09. The van der Waals surface area contributed by atoms with E-state index in [9.17, 15) is 8.78 Å². The van der Waals surface area contributed by atoms with E-state index in [4.69, 9.17) is 5.73 Å². The molecule has 1 rings (SSSR count). The molecule has 0 unspecified atom stereocenters. The molecule has 0 radical (unpaired) electrons. The minimum Gasteiger partial charge on any atom is -0.324 e. The third-order valence-corrected chi connectivity index (χ3v) is 2.06. The van der Waals surface area contributed by atoms with Crippen molar-refractivity contribution in [3.63, 3.8) is 0 Å². The standard InChI is InChI=1S/C10H13F2N/c1-7-2-3-8(12)6-9(7)10(13)4-5-11/h2-3,6,10H,4-5,13H2,1H3/t10-/m1/s1. The van der Waals surface area contributed by atoms with E-state index in [-0.39, 0.29) is 12.2 Å². The average molecular weight is 185 g/mol. The molecule has 1 aromatic carbocycles. The molecule has 0 heterocycles. The van der Waals surface area contributed by atoms with E-state index < -0.39 is 12.7 Å². The van der Waals surface area contributed by atoms with Crippen LogP contribution in [0.2, 0.25) is 0 Å². The van der Waals surface area contributed by atoms with Crippen LogP contribution in [0.3, 0.4) is 0 Å². The van der Waals surface area contributed by atoms with Gasteiger partial charge in [-0.05, 0) is 36.6 Å². The molecule has 1 atom stereocenters. The Kier molecular flexibility index (Phi) is 3.37. The Morgan fingerprint density at radius 2 is 2.15 bits per heavy atom. The summed E-state index contributed by atoms with van der Waals surface area (Å²) in [7, 11) is 0. The lowest BCUT2D eigenvalue weighted by atomic mass is 10.00. The van der Waals surface area contributed by atoms with Crippen LogP contribution in [0.1, 0.15) is 23.6 Å². The highest BCUT2D eigenvalue weighted by atomic mass is 19.1. The molecule has 0 fully saturated rings. The molecule has 0 saturated carbocycles. The fourth-order valence-corrected chi connectivity index (χ4v) is 1.28. The lowest BCUT2D eigenvalue weighted by molar-refractivity contribution is 0.440. The van der Waals surface area contributed by atoms with Gasteiger partial charge >= 0.3 is 0 Å². The first-order valence-electron chi connectivity index (χ1n) is 4.22. The molecule has 0 bridgehead atoms. The molecule has 13 heavy (non-hydrogen) atoms. The van der Waals surface area contributed by atoms with Gasteiger partial charge in [-0.3, -0.25) is 4.39 Å². The van der Waals surface area contributed by atoms with E-state index in [1.807, 2.05) is 6.92 Å². The summed E-state index contributed by atoms with van der Waals surface area (Å²) in [6.45, 7) is 1.37. The van der Waals surface area contributed by atoms with Gasteiger partial charge in [0.05, 0.1) is 6.67 Å². The zero-order valence-corrected chi connectivity index (χ0v) is 7.56. The van der Waals surface area contributed by atoms with E-state index in [0.717, 1.165) is 5.56 Å². The van der Waals surface area contributed by atoms with Crippen LogP contribution in [0, 0.1) is 12.7 Å². The molecular weight excluding hydrogens is 172 g/mol. The number of hydrogen-bond donors (Lipinski definition) is 1. The van der Waals surface area contributed by atoms with Gasteiger partial charge in [0.15, 0.2) is 0 Å². The molecule has 2 N–H and O–H groups in total. The second-order valence-corrected chi connectivity index (χ2v) is 3.09. The third-order valence-electron chi connectivity index (χ3n) is 2.06. The first-order chi connectivity index (χ1) is 6.15. The van der Waals surface area contributed by atoms with Crippen molar-refractivity contribution in [2.75, 3.05) is 6.67 Å². The summed E-state index contributed by atoms with van der Waals surface area (Å²) in [5.41, 5.74) is 7.27. The molecule has 1 aromatic rings. The van der Waals surface area contributed by atoms with Crippen LogP contribution in [0.4, 0.5) is 8.78 Å². The van der Waals surface area contributed by atoms with Crippen molar-refractivity contribution in [2.45, 2.75) is 19.4 Å². The van der Waals surface area contributed by atoms with Gasteiger partial charge in [0.25, 0.3) is 0 Å². The molecule has 0 aromatic heterocycles. The Balaban J connectivity index is 2.91. The minimum atomic E-state index is -0.475. The fourth-order valence-electron chi connectivity index (χ4n) is 1.28. The van der Waals surface area contributed by atoms with Crippen molar-refractivity contribution in [1.29, 1.82) is 0 Å². The van der Waals surface area contributed by atoms with Crippen LogP contribution in [0.5, 0.6) is 0 Å². The highest BCUT2D eigenvalue weighted by molar-refractivity contribution is 5.29. The van der Waals surface area contributed by atoms with Gasteiger partial charge in [-0.2, -0.15) is 0 Å². The summed E-state index contributed by atoms with van der Waals surface area (Å²) in [4.78, 5) is 0. The molecular formula is C10H13F2N. The van der Waals surface area contributed by atoms with Gasteiger partial charge in [-0.25, -0.2) is 4.39 Å². The van der Waals surface area contributed by atoms with Crippen LogP contribution in [-0.4, -0.2) is 6.67 Å². The molecule has 0 amide bonds. The van der Waals surface area contributed by atoms with Crippen LogP contribution < -0.4 is 5.73 Å². The molecule has 3 heteroatoms. The second kappa shape index (κ2) is 4.33. The van der Waals surface area contributed by atoms with Gasteiger partial charge in [-0.15, -0.1) is 0 Å². The predicted octanol–water partition coefficient (Wildman–Crippen LogP) is 2.49. The number of rotatable bonds is 3. The summed E-state index contributed by atoms with van der Waals surface area (Å²) in [5.74, 6) is -0.324. The highest BCUT2D eigenvalue weighted by Crippen LogP contribution is 2.19. The maximum absolute atomic E-state index is 12.8. The first kappa shape index (κ1) is 10.1. The predicted molar refractivity (Wildman–Crippen MR) is 48.7 cm³/mol. The molecule has 0 spiro atoms. The molecule has 0 aliphatic heterocycles. The Morgan fingerprint density at radius 1 is 1.46 bits per heavy atom. The van der Waals surface area contributed by atoms with Crippen LogP contribution >= 0.6 is 0 Å². The summed E-state index contributed by atoms with van der Waals surface area (Å²) in [6.07, 6.45) is 0.240. The van der Waals surface area contributed by atoms with Crippen molar-refractivity contribution in [1.82, 2.24) is 0 Å². The van der Waals surface area contributed by atoms with Gasteiger partial charge in [-0.1, -0.05) is 6.07 Å². The minimum absolute atomic E-state index is 0.240. The number of alkyl halides is 1. The van der Waals surface area contributed by atoms with Crippen LogP contribution in [0.25, 0.3) is 0 Å². The van der Waals surface area contributed by atoms with E-state index >= 15 is 0 Å². The molecule has 0 aliphatic carbocycles. The Bertz CT molecular complexity index is 286. The topological polar surface area (TPSA) is 26.0 Å². The van der Waals surface area contributed by atoms with E-state index in [1.165, 1.54) is 12.1 Å². The van der Waals surface area contributed by atoms with Crippen LogP contribution in [-0.2, 0) is 0 Å². The quantitative estimate of drug-likeness (QED) is 0.769. The first-order valence-corrected chi connectivity index (χ1v) is 4.22. The number of aryl methyl sites for hydroxylation is 1. The van der Waals surface area contributed by atoms with E-state index in [2.05, 4.69) is 0 Å². The van der Waals surface area contributed by atoms with E-state index in [0.29, 0.717) is 5.56 Å². The lowest BCUT2D eigenvalue weighted by Gasteiger charge is -2.12. The van der Waals surface area contributed by atoms with Crippen LogP contribution in [0.15, 0.2) is 18.2 Å². The summed E-state index contributed by atoms with van der Waals surface area (Å²) in [6, 6.07) is 4.00. The smallest absolute Gasteiger partial charge is 0.123 e. The summed E-state index contributed by atoms with van der Waals surface area (Å²) in [5, 5.41) is 0. The van der Waals surface area contributed by atoms with Gasteiger partial charge in [0.2, 0.25) is 0 Å². The Labute approximate surface area is 76.6 Å². The fraction of sp³-hybridized carbons (Fsp3) is 0.400. The lowest BCUT2D eigenvalue weighted by Crippen LogP contribution is -2.12. The van der Waals surface area contributed by atoms with Crippen molar-refractivity contribution < 1.29 is 8.78 Å². The van der Waals surface area contributed by atoms with E-state index in [1.54, 1.807) is 6.07 Å². The molecule has 72 valence electrons. The number of hydrogen-bond acceptors (Lipinski definition) is 1. The third kappa shape index (κ3) is 2.49. The van der Waals surface area contributed by atoms with Gasteiger partial charge in [0.1, 0.15) is 5.82 Å². The van der Waals surface area contributed by atoms with Gasteiger partial charge in [0, 0.05) is 6.04 Å². The normalized spacial score (nSPS) is 12.9. The number of nitrogens with two attached hydrogens (primary N) is 1.